The summed E-state index contributed by atoms with van der Waals surface area (Å²) in [5.74, 6) is -0.262. The zero-order valence-electron chi connectivity index (χ0n) is 11.8. The maximum absolute atomic E-state index is 12.1. The Kier molecular flexibility index (Phi) is 5.49. The first-order valence-electron chi connectivity index (χ1n) is 6.96. The lowest BCUT2D eigenvalue weighted by atomic mass is 10.0. The molecule has 0 heterocycles. The summed E-state index contributed by atoms with van der Waals surface area (Å²) in [4.78, 5) is 12.1. The summed E-state index contributed by atoms with van der Waals surface area (Å²) in [5, 5.41) is 12.2. The molecule has 0 fully saturated rings. The maximum atomic E-state index is 12.1. The van der Waals surface area contributed by atoms with Gasteiger partial charge in [0.15, 0.2) is 0 Å². The van der Waals surface area contributed by atoms with Crippen molar-refractivity contribution in [2.75, 3.05) is 6.61 Å². The Morgan fingerprint density at radius 1 is 1.05 bits per heavy atom. The monoisotopic (exact) mass is 284 g/mol. The van der Waals surface area contributed by atoms with Gasteiger partial charge in [-0.1, -0.05) is 60.7 Å². The molecule has 0 aliphatic heterocycles. The van der Waals surface area contributed by atoms with E-state index in [-0.39, 0.29) is 12.5 Å². The van der Waals surface area contributed by atoms with E-state index in [4.69, 9.17) is 5.73 Å². The molecule has 0 bridgehead atoms. The number of hydrogen-bond donors (Lipinski definition) is 3. The molecule has 2 atom stereocenters. The van der Waals surface area contributed by atoms with Crippen LogP contribution in [0.3, 0.4) is 0 Å². The van der Waals surface area contributed by atoms with Gasteiger partial charge in [-0.15, -0.1) is 0 Å². The summed E-state index contributed by atoms with van der Waals surface area (Å²) in [5.41, 5.74) is 7.81. The number of carbonyl (C=O) groups excluding carboxylic acids is 1. The Balaban J connectivity index is 1.96. The molecule has 0 aliphatic carbocycles. The molecule has 1 amide bonds. The highest BCUT2D eigenvalue weighted by molar-refractivity contribution is 5.82. The van der Waals surface area contributed by atoms with Gasteiger partial charge in [-0.3, -0.25) is 4.79 Å². The fourth-order valence-electron chi connectivity index (χ4n) is 2.16. The molecule has 0 saturated heterocycles. The van der Waals surface area contributed by atoms with Crippen molar-refractivity contribution < 1.29 is 9.90 Å². The number of aliphatic hydroxyl groups is 1. The largest absolute Gasteiger partial charge is 0.394 e. The first kappa shape index (κ1) is 15.2. The Hall–Kier alpha value is -2.17. The SMILES string of the molecule is N[C@@H](Cc1ccccc1)C(=O)N[C@H](CO)c1ccccc1. The molecular formula is C17H20N2O2. The molecule has 4 N–H and O–H groups in total. The number of nitrogens with two attached hydrogens (primary N) is 1. The zero-order chi connectivity index (χ0) is 15.1. The molecule has 2 rings (SSSR count). The number of hydrogen-bond acceptors (Lipinski definition) is 3. The van der Waals surface area contributed by atoms with Gasteiger partial charge in [0.2, 0.25) is 5.91 Å². The van der Waals surface area contributed by atoms with Crippen LogP contribution in [0.5, 0.6) is 0 Å². The second-order valence-electron chi connectivity index (χ2n) is 4.95. The summed E-state index contributed by atoms with van der Waals surface area (Å²) in [6.45, 7) is -0.159. The van der Waals surface area contributed by atoms with Crippen LogP contribution in [0.15, 0.2) is 60.7 Å². The average molecular weight is 284 g/mol. The first-order chi connectivity index (χ1) is 10.2. The third-order valence-electron chi connectivity index (χ3n) is 3.34. The molecule has 0 radical (unpaired) electrons. The molecule has 0 aliphatic rings. The van der Waals surface area contributed by atoms with E-state index in [0.717, 1.165) is 11.1 Å². The van der Waals surface area contributed by atoms with Gasteiger partial charge in [0.05, 0.1) is 18.7 Å². The molecule has 21 heavy (non-hydrogen) atoms. The van der Waals surface area contributed by atoms with E-state index >= 15 is 0 Å². The number of carbonyl (C=O) groups is 1. The summed E-state index contributed by atoms with van der Waals surface area (Å²) < 4.78 is 0. The Morgan fingerprint density at radius 3 is 2.19 bits per heavy atom. The molecule has 0 saturated carbocycles. The van der Waals surface area contributed by atoms with Gasteiger partial charge in [-0.2, -0.15) is 0 Å². The van der Waals surface area contributed by atoms with Crippen molar-refractivity contribution in [3.05, 3.63) is 71.8 Å². The highest BCUT2D eigenvalue weighted by Crippen LogP contribution is 2.12. The minimum atomic E-state index is -0.634. The van der Waals surface area contributed by atoms with Crippen LogP contribution in [-0.2, 0) is 11.2 Å². The van der Waals surface area contributed by atoms with E-state index in [0.29, 0.717) is 6.42 Å². The summed E-state index contributed by atoms with van der Waals surface area (Å²) in [6, 6.07) is 17.9. The summed E-state index contributed by atoms with van der Waals surface area (Å²) >= 11 is 0. The molecule has 4 heteroatoms. The van der Waals surface area contributed by atoms with Crippen molar-refractivity contribution in [2.24, 2.45) is 5.73 Å². The Morgan fingerprint density at radius 2 is 1.62 bits per heavy atom. The number of rotatable bonds is 6. The molecule has 0 aromatic heterocycles. The van der Waals surface area contributed by atoms with Gasteiger partial charge in [-0.25, -0.2) is 0 Å². The topological polar surface area (TPSA) is 75.4 Å². The maximum Gasteiger partial charge on any atom is 0.237 e. The Bertz CT molecular complexity index is 558. The lowest BCUT2D eigenvalue weighted by molar-refractivity contribution is -0.123. The standard InChI is InChI=1S/C17H20N2O2/c18-15(11-13-7-3-1-4-8-13)17(21)19-16(12-20)14-9-5-2-6-10-14/h1-10,15-16,20H,11-12,18H2,(H,19,21)/t15-,16+/m0/s1. The van der Waals surface area contributed by atoms with E-state index in [1.54, 1.807) is 0 Å². The van der Waals surface area contributed by atoms with Crippen molar-refractivity contribution >= 4 is 5.91 Å². The number of aliphatic hydroxyl groups excluding tert-OH is 1. The van der Waals surface area contributed by atoms with Gasteiger partial charge in [-0.05, 0) is 17.5 Å². The second-order valence-corrected chi connectivity index (χ2v) is 4.95. The van der Waals surface area contributed by atoms with Crippen LogP contribution in [0, 0.1) is 0 Å². The number of benzene rings is 2. The average Bonchev–Trinajstić information content (AvgIpc) is 2.54. The summed E-state index contributed by atoms with van der Waals surface area (Å²) in [6.07, 6.45) is 0.472. The van der Waals surface area contributed by atoms with Crippen LogP contribution in [0.25, 0.3) is 0 Å². The van der Waals surface area contributed by atoms with Crippen molar-refractivity contribution in [1.82, 2.24) is 5.32 Å². The minimum absolute atomic E-state index is 0.159. The molecule has 0 unspecified atom stereocenters. The second kappa shape index (κ2) is 7.57. The number of nitrogens with one attached hydrogen (secondary N) is 1. The molecule has 4 nitrogen and oxygen atoms in total. The van der Waals surface area contributed by atoms with Gasteiger partial charge in [0.25, 0.3) is 0 Å². The van der Waals surface area contributed by atoms with Gasteiger partial charge in [0.1, 0.15) is 0 Å². The van der Waals surface area contributed by atoms with E-state index in [1.807, 2.05) is 60.7 Å². The van der Waals surface area contributed by atoms with Crippen LogP contribution in [0.1, 0.15) is 17.2 Å². The van der Waals surface area contributed by atoms with Crippen LogP contribution in [-0.4, -0.2) is 23.7 Å². The third kappa shape index (κ3) is 4.41. The van der Waals surface area contributed by atoms with Gasteiger partial charge < -0.3 is 16.2 Å². The van der Waals surface area contributed by atoms with E-state index in [1.165, 1.54) is 0 Å². The molecule has 2 aromatic rings. The van der Waals surface area contributed by atoms with Crippen LogP contribution in [0.4, 0.5) is 0 Å². The predicted octanol–water partition coefficient (Wildman–Crippen LogP) is 1.41. The van der Waals surface area contributed by atoms with Crippen molar-refractivity contribution in [3.8, 4) is 0 Å². The fraction of sp³-hybridized carbons (Fsp3) is 0.235. The van der Waals surface area contributed by atoms with Crippen molar-refractivity contribution in [3.63, 3.8) is 0 Å². The van der Waals surface area contributed by atoms with Crippen molar-refractivity contribution in [1.29, 1.82) is 0 Å². The highest BCUT2D eigenvalue weighted by atomic mass is 16.3. The minimum Gasteiger partial charge on any atom is -0.394 e. The van der Waals surface area contributed by atoms with Crippen LogP contribution < -0.4 is 11.1 Å². The Labute approximate surface area is 124 Å². The van der Waals surface area contributed by atoms with E-state index < -0.39 is 12.1 Å². The molecule has 2 aromatic carbocycles. The normalized spacial score (nSPS) is 13.4. The highest BCUT2D eigenvalue weighted by Gasteiger charge is 2.19. The molecule has 110 valence electrons. The van der Waals surface area contributed by atoms with Crippen molar-refractivity contribution in [2.45, 2.75) is 18.5 Å². The first-order valence-corrected chi connectivity index (χ1v) is 6.96. The van der Waals surface area contributed by atoms with E-state index in [2.05, 4.69) is 5.32 Å². The lowest BCUT2D eigenvalue weighted by Crippen LogP contribution is -2.44. The van der Waals surface area contributed by atoms with Gasteiger partial charge in [0, 0.05) is 0 Å². The summed E-state index contributed by atoms with van der Waals surface area (Å²) in [7, 11) is 0. The lowest BCUT2D eigenvalue weighted by Gasteiger charge is -2.19. The number of amides is 1. The van der Waals surface area contributed by atoms with Crippen LogP contribution in [0.2, 0.25) is 0 Å². The van der Waals surface area contributed by atoms with Gasteiger partial charge >= 0.3 is 0 Å². The zero-order valence-corrected chi connectivity index (χ0v) is 11.8. The molecular weight excluding hydrogens is 264 g/mol. The third-order valence-corrected chi connectivity index (χ3v) is 3.34. The van der Waals surface area contributed by atoms with Crippen LogP contribution >= 0.6 is 0 Å². The quantitative estimate of drug-likeness (QED) is 0.750. The predicted molar refractivity (Wildman–Crippen MR) is 82.5 cm³/mol. The molecule has 0 spiro atoms. The van der Waals surface area contributed by atoms with E-state index in [9.17, 15) is 9.90 Å². The smallest absolute Gasteiger partial charge is 0.237 e. The fourth-order valence-corrected chi connectivity index (χ4v) is 2.16.